The number of allylic oxidation sites excluding steroid dienone is 2. The highest BCUT2D eigenvalue weighted by Gasteiger charge is 2.25. The number of nitrogens with zero attached hydrogens (tertiary/aromatic N) is 1. The fourth-order valence-corrected chi connectivity index (χ4v) is 3.89. The van der Waals surface area contributed by atoms with Crippen molar-refractivity contribution in [3.8, 4) is 17.2 Å². The fourth-order valence-electron chi connectivity index (χ4n) is 3.89. The first-order valence-electron chi connectivity index (χ1n) is 10.2. The number of halogens is 1. The van der Waals surface area contributed by atoms with Crippen LogP contribution in [0.5, 0.6) is 17.2 Å². The second kappa shape index (κ2) is 9.20. The first-order chi connectivity index (χ1) is 15.9. The maximum absolute atomic E-state index is 14.1. The molecule has 1 amide bonds. The standard InChI is InChI=1S/C25H23FN2O5/c1-14-19(6-15-7-22(31-2)25(30)23(8-15)32-3)18-5-4-17(26)10-20(18)21(14)12-27-24(29)9-16-11-28-33-13-16/h4-8,10-11,13,30H,9,12H2,1-3H3,(H,27,29). The Morgan fingerprint density at radius 3 is 2.55 bits per heavy atom. The molecule has 7 nitrogen and oxygen atoms in total. The SMILES string of the molecule is COc1cc(C=C2C(C)=C(CNC(=O)Cc3cnoc3)c3cc(F)ccc32)cc(OC)c1O. The molecule has 0 spiro atoms. The maximum Gasteiger partial charge on any atom is 0.224 e. The van der Waals surface area contributed by atoms with Crippen LogP contribution >= 0.6 is 0 Å². The first-order valence-corrected chi connectivity index (χ1v) is 10.2. The molecule has 0 bridgehead atoms. The van der Waals surface area contributed by atoms with Crippen LogP contribution in [-0.2, 0) is 11.2 Å². The van der Waals surface area contributed by atoms with Crippen LogP contribution in [0.2, 0.25) is 0 Å². The Bertz CT molecular complexity index is 1240. The monoisotopic (exact) mass is 450 g/mol. The van der Waals surface area contributed by atoms with Gasteiger partial charge in [0.1, 0.15) is 12.1 Å². The third-order valence-electron chi connectivity index (χ3n) is 5.58. The Morgan fingerprint density at radius 1 is 1.18 bits per heavy atom. The molecule has 33 heavy (non-hydrogen) atoms. The number of phenols is 1. The third-order valence-corrected chi connectivity index (χ3v) is 5.58. The molecule has 2 N–H and O–H groups in total. The Labute approximate surface area is 190 Å². The minimum Gasteiger partial charge on any atom is -0.502 e. The van der Waals surface area contributed by atoms with Crippen molar-refractivity contribution in [1.82, 2.24) is 10.5 Å². The molecule has 3 aromatic rings. The van der Waals surface area contributed by atoms with E-state index in [-0.39, 0.29) is 41.9 Å². The summed E-state index contributed by atoms with van der Waals surface area (Å²) in [7, 11) is 2.93. The fraction of sp³-hybridized carbons (Fsp3) is 0.200. The number of aromatic hydroxyl groups is 1. The quantitative estimate of drug-likeness (QED) is 0.560. The Morgan fingerprint density at radius 2 is 1.91 bits per heavy atom. The number of amides is 1. The topological polar surface area (TPSA) is 93.8 Å². The number of fused-ring (bicyclic) bond motifs is 1. The van der Waals surface area contributed by atoms with Crippen LogP contribution in [0.4, 0.5) is 4.39 Å². The molecule has 0 radical (unpaired) electrons. The molecular formula is C25H23FN2O5. The lowest BCUT2D eigenvalue weighted by Crippen LogP contribution is -2.26. The molecule has 0 saturated heterocycles. The minimum absolute atomic E-state index is 0.0838. The van der Waals surface area contributed by atoms with Gasteiger partial charge in [0, 0.05) is 12.1 Å². The van der Waals surface area contributed by atoms with Gasteiger partial charge in [-0.2, -0.15) is 0 Å². The number of rotatable bonds is 7. The summed E-state index contributed by atoms with van der Waals surface area (Å²) in [6.45, 7) is 2.17. The van der Waals surface area contributed by atoms with E-state index in [9.17, 15) is 14.3 Å². The lowest BCUT2D eigenvalue weighted by atomic mass is 10.00. The Hall–Kier alpha value is -4.07. The molecule has 0 saturated carbocycles. The maximum atomic E-state index is 14.1. The summed E-state index contributed by atoms with van der Waals surface area (Å²) in [4.78, 5) is 12.4. The van der Waals surface area contributed by atoms with Gasteiger partial charge in [-0.1, -0.05) is 11.2 Å². The highest BCUT2D eigenvalue weighted by atomic mass is 19.1. The van der Waals surface area contributed by atoms with E-state index in [4.69, 9.17) is 14.0 Å². The zero-order valence-electron chi connectivity index (χ0n) is 18.4. The molecular weight excluding hydrogens is 427 g/mol. The minimum atomic E-state index is -0.357. The van der Waals surface area contributed by atoms with Crippen molar-refractivity contribution in [1.29, 1.82) is 0 Å². The van der Waals surface area contributed by atoms with Gasteiger partial charge in [0.05, 0.1) is 26.8 Å². The highest BCUT2D eigenvalue weighted by Crippen LogP contribution is 2.44. The number of hydrogen-bond donors (Lipinski definition) is 2. The van der Waals surface area contributed by atoms with E-state index in [0.717, 1.165) is 33.4 Å². The van der Waals surface area contributed by atoms with Crippen LogP contribution in [0.3, 0.4) is 0 Å². The van der Waals surface area contributed by atoms with E-state index in [0.29, 0.717) is 5.56 Å². The second-order valence-electron chi connectivity index (χ2n) is 7.61. The zero-order chi connectivity index (χ0) is 23.5. The third kappa shape index (κ3) is 4.45. The smallest absolute Gasteiger partial charge is 0.224 e. The molecule has 170 valence electrons. The summed E-state index contributed by atoms with van der Waals surface area (Å²) < 4.78 is 29.4. The van der Waals surface area contributed by atoms with Gasteiger partial charge in [-0.15, -0.1) is 0 Å². The Balaban J connectivity index is 1.69. The molecule has 1 heterocycles. The summed E-state index contributed by atoms with van der Waals surface area (Å²) in [6.07, 6.45) is 4.97. The molecule has 1 aliphatic rings. The summed E-state index contributed by atoms with van der Waals surface area (Å²) >= 11 is 0. The van der Waals surface area contributed by atoms with Crippen LogP contribution in [-0.4, -0.2) is 36.9 Å². The number of aromatic nitrogens is 1. The molecule has 4 rings (SSSR count). The van der Waals surface area contributed by atoms with Gasteiger partial charge >= 0.3 is 0 Å². The molecule has 8 heteroatoms. The van der Waals surface area contributed by atoms with Gasteiger partial charge in [0.2, 0.25) is 11.7 Å². The highest BCUT2D eigenvalue weighted by molar-refractivity contribution is 6.06. The van der Waals surface area contributed by atoms with Crippen molar-refractivity contribution >= 4 is 23.1 Å². The van der Waals surface area contributed by atoms with Gasteiger partial charge in [-0.25, -0.2) is 4.39 Å². The first kappa shape index (κ1) is 22.1. The van der Waals surface area contributed by atoms with Gasteiger partial charge in [-0.3, -0.25) is 4.79 Å². The van der Waals surface area contributed by atoms with Crippen LogP contribution in [0, 0.1) is 5.82 Å². The predicted molar refractivity (Wildman–Crippen MR) is 121 cm³/mol. The number of benzene rings is 2. The van der Waals surface area contributed by atoms with E-state index >= 15 is 0 Å². The van der Waals surface area contributed by atoms with Crippen molar-refractivity contribution in [2.24, 2.45) is 0 Å². The number of hydrogen-bond acceptors (Lipinski definition) is 6. The van der Waals surface area contributed by atoms with E-state index in [1.165, 1.54) is 38.8 Å². The van der Waals surface area contributed by atoms with Gasteiger partial charge < -0.3 is 24.4 Å². The summed E-state index contributed by atoms with van der Waals surface area (Å²) in [6, 6.07) is 7.99. The van der Waals surface area contributed by atoms with Crippen LogP contribution < -0.4 is 14.8 Å². The molecule has 1 aromatic heterocycles. The van der Waals surface area contributed by atoms with Crippen molar-refractivity contribution in [3.05, 3.63) is 76.4 Å². The summed E-state index contributed by atoms with van der Waals surface area (Å²) in [5, 5.41) is 16.7. The van der Waals surface area contributed by atoms with Crippen LogP contribution in [0.15, 0.2) is 52.9 Å². The summed E-state index contributed by atoms with van der Waals surface area (Å²) in [5.74, 6) is -0.0757. The van der Waals surface area contributed by atoms with E-state index in [1.54, 1.807) is 18.2 Å². The molecule has 0 fully saturated rings. The average Bonchev–Trinajstić information content (AvgIpc) is 3.39. The second-order valence-corrected chi connectivity index (χ2v) is 7.61. The molecule has 0 aliphatic heterocycles. The lowest BCUT2D eigenvalue weighted by Gasteiger charge is -2.11. The number of carbonyl (C=O) groups is 1. The van der Waals surface area contributed by atoms with Crippen molar-refractivity contribution in [3.63, 3.8) is 0 Å². The Kier molecular flexibility index (Phi) is 6.17. The molecule has 0 atom stereocenters. The van der Waals surface area contributed by atoms with Crippen molar-refractivity contribution < 1.29 is 28.3 Å². The molecule has 0 unspecified atom stereocenters. The normalized spacial score (nSPS) is 13.9. The number of phenolic OH excluding ortho intramolecular Hbond substituents is 1. The van der Waals surface area contributed by atoms with E-state index < -0.39 is 0 Å². The van der Waals surface area contributed by atoms with Gasteiger partial charge in [-0.05, 0) is 70.7 Å². The largest absolute Gasteiger partial charge is 0.502 e. The van der Waals surface area contributed by atoms with Gasteiger partial charge in [0.15, 0.2) is 11.5 Å². The van der Waals surface area contributed by atoms with Crippen LogP contribution in [0.1, 0.15) is 29.2 Å². The predicted octanol–water partition coefficient (Wildman–Crippen LogP) is 4.22. The van der Waals surface area contributed by atoms with Crippen molar-refractivity contribution in [2.75, 3.05) is 20.8 Å². The lowest BCUT2D eigenvalue weighted by molar-refractivity contribution is -0.120. The zero-order valence-corrected chi connectivity index (χ0v) is 18.4. The van der Waals surface area contributed by atoms with E-state index in [2.05, 4.69) is 10.5 Å². The molecule has 1 aliphatic carbocycles. The number of nitrogens with one attached hydrogen (secondary N) is 1. The van der Waals surface area contributed by atoms with Gasteiger partial charge in [0.25, 0.3) is 0 Å². The number of ether oxygens (including phenoxy) is 2. The van der Waals surface area contributed by atoms with Crippen LogP contribution in [0.25, 0.3) is 17.2 Å². The number of carbonyl (C=O) groups excluding carboxylic acids is 1. The molecule has 2 aromatic carbocycles. The summed E-state index contributed by atoms with van der Waals surface area (Å²) in [5.41, 5.74) is 5.60. The van der Waals surface area contributed by atoms with Crippen molar-refractivity contribution in [2.45, 2.75) is 13.3 Å². The average molecular weight is 450 g/mol. The van der Waals surface area contributed by atoms with E-state index in [1.807, 2.05) is 13.0 Å². The number of methoxy groups -OCH3 is 2.